The molecule has 0 aromatic heterocycles. The maximum absolute atomic E-state index is 3.74. The van der Waals surface area contributed by atoms with Gasteiger partial charge in [-0.1, -0.05) is 41.4 Å². The van der Waals surface area contributed by atoms with Crippen LogP contribution in [0.1, 0.15) is 52.5 Å². The molecule has 1 aliphatic carbocycles. The van der Waals surface area contributed by atoms with Crippen molar-refractivity contribution < 1.29 is 0 Å². The summed E-state index contributed by atoms with van der Waals surface area (Å²) in [6.07, 6.45) is 4.00. The van der Waals surface area contributed by atoms with Crippen LogP contribution in [-0.4, -0.2) is 12.1 Å². The first-order valence-corrected chi connectivity index (χ1v) is 8.14. The highest BCUT2D eigenvalue weighted by atomic mass is 79.9. The average molecular weight is 324 g/mol. The molecule has 0 radical (unpaired) electrons. The molecule has 1 aromatic carbocycles. The van der Waals surface area contributed by atoms with Crippen molar-refractivity contribution in [1.82, 2.24) is 5.32 Å². The highest BCUT2D eigenvalue weighted by molar-refractivity contribution is 9.10. The summed E-state index contributed by atoms with van der Waals surface area (Å²) in [4.78, 5) is 0. The molecule has 2 unspecified atom stereocenters. The molecule has 19 heavy (non-hydrogen) atoms. The summed E-state index contributed by atoms with van der Waals surface area (Å²) in [7, 11) is 0. The number of benzene rings is 1. The van der Waals surface area contributed by atoms with Gasteiger partial charge in [0.25, 0.3) is 0 Å². The first kappa shape index (κ1) is 15.1. The third-order valence-electron chi connectivity index (χ3n) is 4.56. The van der Waals surface area contributed by atoms with E-state index in [4.69, 9.17) is 0 Å². The van der Waals surface area contributed by atoms with Crippen LogP contribution in [0.3, 0.4) is 0 Å². The van der Waals surface area contributed by atoms with Crippen LogP contribution in [0.4, 0.5) is 0 Å². The van der Waals surface area contributed by atoms with Gasteiger partial charge in [-0.3, -0.25) is 0 Å². The van der Waals surface area contributed by atoms with E-state index >= 15 is 0 Å². The Labute approximate surface area is 126 Å². The number of halogens is 1. The van der Waals surface area contributed by atoms with Crippen LogP contribution < -0.4 is 5.32 Å². The molecule has 0 amide bonds. The Morgan fingerprint density at radius 3 is 2.37 bits per heavy atom. The minimum absolute atomic E-state index is 0.185. The molecule has 0 saturated heterocycles. The van der Waals surface area contributed by atoms with E-state index in [-0.39, 0.29) is 5.54 Å². The molecule has 0 heterocycles. The van der Waals surface area contributed by atoms with Gasteiger partial charge in [-0.15, -0.1) is 0 Å². The molecule has 1 N–H and O–H groups in total. The molecule has 106 valence electrons. The molecule has 1 aliphatic rings. The molecule has 2 rings (SSSR count). The molecular formula is C17H26BrN. The fourth-order valence-corrected chi connectivity index (χ4v) is 3.51. The number of rotatable bonds is 3. The van der Waals surface area contributed by atoms with Crippen LogP contribution in [0.2, 0.25) is 0 Å². The SMILES string of the molecule is CC1CCCC1(CNC(C)(C)C)c1ccc(Br)cc1. The van der Waals surface area contributed by atoms with Crippen molar-refractivity contribution in [2.45, 2.75) is 57.9 Å². The van der Waals surface area contributed by atoms with Gasteiger partial charge in [0, 0.05) is 22.0 Å². The van der Waals surface area contributed by atoms with Crippen molar-refractivity contribution in [3.05, 3.63) is 34.3 Å². The summed E-state index contributed by atoms with van der Waals surface area (Å²) in [5, 5.41) is 3.74. The third kappa shape index (κ3) is 3.41. The summed E-state index contributed by atoms with van der Waals surface area (Å²) >= 11 is 3.54. The molecule has 0 aliphatic heterocycles. The fraction of sp³-hybridized carbons (Fsp3) is 0.647. The summed E-state index contributed by atoms with van der Waals surface area (Å²) in [5.74, 6) is 0.753. The van der Waals surface area contributed by atoms with Gasteiger partial charge in [0.2, 0.25) is 0 Å². The van der Waals surface area contributed by atoms with Crippen LogP contribution in [0.5, 0.6) is 0 Å². The lowest BCUT2D eigenvalue weighted by molar-refractivity contribution is 0.279. The summed E-state index contributed by atoms with van der Waals surface area (Å²) in [6.45, 7) is 10.3. The van der Waals surface area contributed by atoms with E-state index in [9.17, 15) is 0 Å². The fourth-order valence-electron chi connectivity index (χ4n) is 3.24. The standard InChI is InChI=1S/C17H26BrN/c1-13-6-5-11-17(13,12-19-16(2,3)4)14-7-9-15(18)10-8-14/h7-10,13,19H,5-6,11-12H2,1-4H3. The van der Waals surface area contributed by atoms with E-state index < -0.39 is 0 Å². The Bertz CT molecular complexity index is 418. The molecule has 0 bridgehead atoms. The van der Waals surface area contributed by atoms with Gasteiger partial charge in [0.15, 0.2) is 0 Å². The Balaban J connectivity index is 2.27. The van der Waals surface area contributed by atoms with Crippen molar-refractivity contribution >= 4 is 15.9 Å². The van der Waals surface area contributed by atoms with Crippen LogP contribution >= 0.6 is 15.9 Å². The highest BCUT2D eigenvalue weighted by Crippen LogP contribution is 2.45. The van der Waals surface area contributed by atoms with E-state index in [1.165, 1.54) is 29.3 Å². The Morgan fingerprint density at radius 2 is 1.89 bits per heavy atom. The smallest absolute Gasteiger partial charge is 0.0175 e. The number of hydrogen-bond donors (Lipinski definition) is 1. The summed E-state index contributed by atoms with van der Waals surface area (Å²) in [5.41, 5.74) is 2.00. The van der Waals surface area contributed by atoms with E-state index in [1.807, 2.05) is 0 Å². The zero-order valence-electron chi connectivity index (χ0n) is 12.6. The predicted molar refractivity (Wildman–Crippen MR) is 86.6 cm³/mol. The normalized spacial score (nSPS) is 27.7. The lowest BCUT2D eigenvalue weighted by atomic mass is 9.72. The van der Waals surface area contributed by atoms with Gasteiger partial charge in [-0.05, 0) is 57.2 Å². The van der Waals surface area contributed by atoms with Crippen molar-refractivity contribution in [3.8, 4) is 0 Å². The maximum atomic E-state index is 3.74. The van der Waals surface area contributed by atoms with Gasteiger partial charge in [-0.25, -0.2) is 0 Å². The Morgan fingerprint density at radius 1 is 1.26 bits per heavy atom. The number of nitrogens with one attached hydrogen (secondary N) is 1. The predicted octanol–water partition coefficient (Wildman–Crippen LogP) is 4.90. The molecule has 1 nitrogen and oxygen atoms in total. The van der Waals surface area contributed by atoms with Crippen LogP contribution in [0.25, 0.3) is 0 Å². The van der Waals surface area contributed by atoms with Gasteiger partial charge in [-0.2, -0.15) is 0 Å². The van der Waals surface area contributed by atoms with Crippen molar-refractivity contribution in [3.63, 3.8) is 0 Å². The van der Waals surface area contributed by atoms with E-state index in [1.54, 1.807) is 0 Å². The lowest BCUT2D eigenvalue weighted by Gasteiger charge is -2.38. The quantitative estimate of drug-likeness (QED) is 0.834. The van der Waals surface area contributed by atoms with Gasteiger partial charge in [0.05, 0.1) is 0 Å². The van der Waals surface area contributed by atoms with E-state index in [0.29, 0.717) is 5.41 Å². The largest absolute Gasteiger partial charge is 0.311 e. The molecule has 1 fully saturated rings. The molecular weight excluding hydrogens is 298 g/mol. The van der Waals surface area contributed by atoms with Crippen LogP contribution in [-0.2, 0) is 5.41 Å². The van der Waals surface area contributed by atoms with Crippen LogP contribution in [0, 0.1) is 5.92 Å². The second-order valence-electron chi connectivity index (χ2n) is 7.06. The van der Waals surface area contributed by atoms with Gasteiger partial charge < -0.3 is 5.32 Å². The monoisotopic (exact) mass is 323 g/mol. The maximum Gasteiger partial charge on any atom is 0.0175 e. The molecule has 0 spiro atoms. The minimum atomic E-state index is 0.185. The molecule has 1 aromatic rings. The van der Waals surface area contributed by atoms with Gasteiger partial charge in [0.1, 0.15) is 0 Å². The Hall–Kier alpha value is -0.340. The van der Waals surface area contributed by atoms with E-state index in [0.717, 1.165) is 12.5 Å². The van der Waals surface area contributed by atoms with Crippen molar-refractivity contribution in [1.29, 1.82) is 0 Å². The topological polar surface area (TPSA) is 12.0 Å². The average Bonchev–Trinajstić information content (AvgIpc) is 2.69. The molecule has 2 atom stereocenters. The number of hydrogen-bond acceptors (Lipinski definition) is 1. The molecule has 1 saturated carbocycles. The van der Waals surface area contributed by atoms with Gasteiger partial charge >= 0.3 is 0 Å². The van der Waals surface area contributed by atoms with Crippen molar-refractivity contribution in [2.24, 2.45) is 5.92 Å². The zero-order chi connectivity index (χ0) is 14.1. The van der Waals surface area contributed by atoms with Crippen molar-refractivity contribution in [2.75, 3.05) is 6.54 Å². The summed E-state index contributed by atoms with van der Waals surface area (Å²) < 4.78 is 1.17. The molecule has 2 heteroatoms. The third-order valence-corrected chi connectivity index (χ3v) is 5.09. The second kappa shape index (κ2) is 5.57. The Kier molecular flexibility index (Phi) is 4.42. The zero-order valence-corrected chi connectivity index (χ0v) is 14.2. The minimum Gasteiger partial charge on any atom is -0.311 e. The highest BCUT2D eigenvalue weighted by Gasteiger charge is 2.41. The second-order valence-corrected chi connectivity index (χ2v) is 7.98. The lowest BCUT2D eigenvalue weighted by Crippen LogP contribution is -2.47. The van der Waals surface area contributed by atoms with E-state index in [2.05, 4.69) is 73.2 Å². The summed E-state index contributed by atoms with van der Waals surface area (Å²) in [6, 6.07) is 8.96. The first-order valence-electron chi connectivity index (χ1n) is 7.35. The van der Waals surface area contributed by atoms with Crippen LogP contribution in [0.15, 0.2) is 28.7 Å². The first-order chi connectivity index (χ1) is 8.83.